The Morgan fingerprint density at radius 2 is 1.64 bits per heavy atom. The van der Waals surface area contributed by atoms with Gasteiger partial charge in [0.15, 0.2) is 9.84 Å². The molecule has 1 atom stereocenters. The fraction of sp³-hybridized carbons (Fsp3) is 0.882. The molecule has 1 saturated heterocycles. The number of sulfone groups is 1. The molecular weight excluding hydrogens is 342 g/mol. The zero-order valence-electron chi connectivity index (χ0n) is 16.0. The van der Waals surface area contributed by atoms with Crippen LogP contribution in [0.2, 0.25) is 0 Å². The predicted octanol–water partition coefficient (Wildman–Crippen LogP) is 0.602. The van der Waals surface area contributed by atoms with Crippen LogP contribution in [0.4, 0.5) is 0 Å². The summed E-state index contributed by atoms with van der Waals surface area (Å²) in [5, 5.41) is 0. The summed E-state index contributed by atoms with van der Waals surface area (Å²) < 4.78 is 23.6. The zero-order valence-corrected chi connectivity index (χ0v) is 16.8. The molecule has 146 valence electrons. The summed E-state index contributed by atoms with van der Waals surface area (Å²) in [5.41, 5.74) is 0. The Hall–Kier alpha value is -1.15. The van der Waals surface area contributed by atoms with E-state index in [1.807, 2.05) is 32.8 Å². The van der Waals surface area contributed by atoms with Crippen molar-refractivity contribution in [3.63, 3.8) is 0 Å². The van der Waals surface area contributed by atoms with E-state index in [-0.39, 0.29) is 11.5 Å². The van der Waals surface area contributed by atoms with Gasteiger partial charge >= 0.3 is 11.8 Å². The summed E-state index contributed by atoms with van der Waals surface area (Å²) in [6.45, 7) is 6.10. The number of likely N-dealkylation sites (N-methyl/N-ethyl adjacent to an activating group) is 1. The number of carbonyl (C=O) groups excluding carboxylic acids is 2. The first-order valence-electron chi connectivity index (χ1n) is 9.16. The average Bonchev–Trinajstić information content (AvgIpc) is 2.90. The van der Waals surface area contributed by atoms with Gasteiger partial charge < -0.3 is 14.7 Å². The third-order valence-electron chi connectivity index (χ3n) is 4.44. The number of nitrogens with zero attached hydrogens (tertiary/aromatic N) is 3. The molecule has 0 aromatic rings. The number of amides is 2. The van der Waals surface area contributed by atoms with E-state index in [0.717, 1.165) is 19.3 Å². The third-order valence-corrected chi connectivity index (χ3v) is 6.19. The van der Waals surface area contributed by atoms with Crippen molar-refractivity contribution in [2.45, 2.75) is 45.6 Å². The van der Waals surface area contributed by atoms with E-state index in [4.69, 9.17) is 0 Å². The highest BCUT2D eigenvalue weighted by Crippen LogP contribution is 2.18. The van der Waals surface area contributed by atoms with E-state index < -0.39 is 27.7 Å². The van der Waals surface area contributed by atoms with Crippen LogP contribution >= 0.6 is 0 Å². The van der Waals surface area contributed by atoms with Crippen molar-refractivity contribution in [1.29, 1.82) is 0 Å². The molecule has 1 unspecified atom stereocenters. The van der Waals surface area contributed by atoms with Gasteiger partial charge in [-0.2, -0.15) is 0 Å². The fourth-order valence-corrected chi connectivity index (χ4v) is 4.70. The highest BCUT2D eigenvalue weighted by atomic mass is 32.2. The van der Waals surface area contributed by atoms with Gasteiger partial charge in [0, 0.05) is 32.2 Å². The summed E-state index contributed by atoms with van der Waals surface area (Å²) in [7, 11) is 0.663. The summed E-state index contributed by atoms with van der Waals surface area (Å²) in [6, 6.07) is -0.393. The lowest BCUT2D eigenvalue weighted by Gasteiger charge is -2.31. The maximum atomic E-state index is 12.9. The number of rotatable bonds is 9. The Kier molecular flexibility index (Phi) is 8.85. The third kappa shape index (κ3) is 6.93. The lowest BCUT2D eigenvalue weighted by Crippen LogP contribution is -2.51. The monoisotopic (exact) mass is 375 g/mol. The van der Waals surface area contributed by atoms with Crippen LogP contribution in [0.1, 0.15) is 39.5 Å². The normalized spacial score (nSPS) is 19.2. The molecule has 1 fully saturated rings. The summed E-state index contributed by atoms with van der Waals surface area (Å²) in [6.07, 6.45) is 3.01. The van der Waals surface area contributed by atoms with Crippen molar-refractivity contribution < 1.29 is 18.0 Å². The first kappa shape index (κ1) is 21.9. The number of carbonyl (C=O) groups is 2. The van der Waals surface area contributed by atoms with Gasteiger partial charge in [-0.15, -0.1) is 0 Å². The van der Waals surface area contributed by atoms with E-state index in [9.17, 15) is 18.0 Å². The molecular formula is C17H33N3O4S. The molecule has 1 aliphatic heterocycles. The lowest BCUT2D eigenvalue weighted by molar-refractivity contribution is -0.153. The Morgan fingerprint density at radius 3 is 2.12 bits per heavy atom. The van der Waals surface area contributed by atoms with Crippen LogP contribution in [-0.4, -0.2) is 92.8 Å². The Bertz CT molecular complexity index is 548. The fourth-order valence-electron chi connectivity index (χ4n) is 2.97. The first-order valence-corrected chi connectivity index (χ1v) is 11.0. The number of hydrogen-bond acceptors (Lipinski definition) is 5. The SMILES string of the molecule is CCCCN(CCC)C(=O)C(=O)N(CCN(C)C)C1CCS(=O)(=O)C1. The molecule has 2 amide bonds. The van der Waals surface area contributed by atoms with Gasteiger partial charge in [-0.3, -0.25) is 9.59 Å². The molecule has 1 heterocycles. The maximum Gasteiger partial charge on any atom is 0.312 e. The van der Waals surface area contributed by atoms with Gasteiger partial charge in [-0.25, -0.2) is 8.42 Å². The van der Waals surface area contributed by atoms with Crippen LogP contribution in [0.5, 0.6) is 0 Å². The second-order valence-electron chi connectivity index (χ2n) is 7.00. The standard InChI is InChI=1S/C17H33N3O4S/c1-5-7-10-19(9-6-2)16(21)17(22)20(12-11-18(3)4)15-8-13-25(23,24)14-15/h15H,5-14H2,1-4H3. The van der Waals surface area contributed by atoms with Crippen molar-refractivity contribution in [2.75, 3.05) is 51.8 Å². The van der Waals surface area contributed by atoms with Crippen molar-refractivity contribution in [2.24, 2.45) is 0 Å². The Morgan fingerprint density at radius 1 is 0.960 bits per heavy atom. The Labute approximate surface area is 152 Å². The van der Waals surface area contributed by atoms with Crippen molar-refractivity contribution in [3.8, 4) is 0 Å². The van der Waals surface area contributed by atoms with Gasteiger partial charge in [0.25, 0.3) is 0 Å². The molecule has 0 saturated carbocycles. The molecule has 0 spiro atoms. The van der Waals surface area contributed by atoms with E-state index >= 15 is 0 Å². The van der Waals surface area contributed by atoms with Crippen LogP contribution in [0.15, 0.2) is 0 Å². The molecule has 0 aromatic carbocycles. The van der Waals surface area contributed by atoms with Crippen LogP contribution in [0.3, 0.4) is 0 Å². The Balaban J connectivity index is 2.90. The minimum Gasteiger partial charge on any atom is -0.334 e. The van der Waals surface area contributed by atoms with Gasteiger partial charge in [0.2, 0.25) is 0 Å². The summed E-state index contributed by atoms with van der Waals surface area (Å²) in [4.78, 5) is 30.6. The van der Waals surface area contributed by atoms with E-state index in [1.165, 1.54) is 4.90 Å². The van der Waals surface area contributed by atoms with Crippen LogP contribution in [0, 0.1) is 0 Å². The van der Waals surface area contributed by atoms with Crippen molar-refractivity contribution in [1.82, 2.24) is 14.7 Å². The minimum atomic E-state index is -3.12. The first-order chi connectivity index (χ1) is 11.7. The predicted molar refractivity (Wildman–Crippen MR) is 99.1 cm³/mol. The van der Waals surface area contributed by atoms with Crippen LogP contribution < -0.4 is 0 Å². The molecule has 8 heteroatoms. The molecule has 1 rings (SSSR count). The van der Waals surface area contributed by atoms with Gasteiger partial charge in [0.05, 0.1) is 11.5 Å². The molecule has 0 bridgehead atoms. The van der Waals surface area contributed by atoms with Gasteiger partial charge in [-0.05, 0) is 33.4 Å². The minimum absolute atomic E-state index is 0.0395. The second-order valence-corrected chi connectivity index (χ2v) is 9.23. The lowest BCUT2D eigenvalue weighted by atomic mass is 10.2. The molecule has 1 aliphatic rings. The van der Waals surface area contributed by atoms with Crippen molar-refractivity contribution in [3.05, 3.63) is 0 Å². The smallest absolute Gasteiger partial charge is 0.312 e. The van der Waals surface area contributed by atoms with Gasteiger partial charge in [0.1, 0.15) is 0 Å². The van der Waals surface area contributed by atoms with Gasteiger partial charge in [-0.1, -0.05) is 20.3 Å². The molecule has 0 N–H and O–H groups in total. The average molecular weight is 376 g/mol. The van der Waals surface area contributed by atoms with Crippen LogP contribution in [-0.2, 0) is 19.4 Å². The van der Waals surface area contributed by atoms with E-state index in [2.05, 4.69) is 0 Å². The highest BCUT2D eigenvalue weighted by Gasteiger charge is 2.37. The topological polar surface area (TPSA) is 78.0 Å². The highest BCUT2D eigenvalue weighted by molar-refractivity contribution is 7.91. The molecule has 0 aliphatic carbocycles. The largest absolute Gasteiger partial charge is 0.334 e. The number of hydrogen-bond donors (Lipinski definition) is 0. The summed E-state index contributed by atoms with van der Waals surface area (Å²) in [5.74, 6) is -1.01. The molecule has 7 nitrogen and oxygen atoms in total. The van der Waals surface area contributed by atoms with Crippen LogP contribution in [0.25, 0.3) is 0 Å². The van der Waals surface area contributed by atoms with Crippen molar-refractivity contribution >= 4 is 21.7 Å². The molecule has 25 heavy (non-hydrogen) atoms. The second kappa shape index (κ2) is 10.1. The zero-order chi connectivity index (χ0) is 19.0. The van der Waals surface area contributed by atoms with E-state index in [1.54, 1.807) is 4.90 Å². The number of unbranched alkanes of at least 4 members (excludes halogenated alkanes) is 1. The molecule has 0 aromatic heterocycles. The summed E-state index contributed by atoms with van der Waals surface area (Å²) >= 11 is 0. The molecule has 0 radical (unpaired) electrons. The van der Waals surface area contributed by atoms with E-state index in [0.29, 0.717) is 32.6 Å². The maximum absolute atomic E-state index is 12.9. The quantitative estimate of drug-likeness (QED) is 0.552.